The number of nitrogens with zero attached hydrogens (tertiary/aromatic N) is 2. The summed E-state index contributed by atoms with van der Waals surface area (Å²) >= 11 is 3.36. The molecule has 0 aliphatic rings. The Morgan fingerprint density at radius 3 is 2.59 bits per heavy atom. The number of hydrogen-bond acceptors (Lipinski definition) is 2. The van der Waals surface area contributed by atoms with E-state index in [1.165, 1.54) is 0 Å². The molecule has 1 aromatic rings. The molecule has 0 heterocycles. The third-order valence-corrected chi connectivity index (χ3v) is 2.97. The van der Waals surface area contributed by atoms with Crippen LogP contribution in [-0.4, -0.2) is 22.3 Å². The molecule has 0 aromatic heterocycles. The van der Waals surface area contributed by atoms with E-state index in [-0.39, 0.29) is 5.78 Å². The minimum absolute atomic E-state index is 0.267. The third-order valence-electron chi connectivity index (χ3n) is 2.44. The van der Waals surface area contributed by atoms with E-state index in [0.717, 1.165) is 16.3 Å². The Morgan fingerprint density at radius 2 is 2.06 bits per heavy atom. The fourth-order valence-corrected chi connectivity index (χ4v) is 1.49. The Balaban J connectivity index is 2.63. The molecule has 0 fully saturated rings. The summed E-state index contributed by atoms with van der Waals surface area (Å²) in [6.07, 6.45) is 0.911. The lowest BCUT2D eigenvalue weighted by Crippen LogP contribution is -2.47. The minimum atomic E-state index is -0.751. The predicted molar refractivity (Wildman–Crippen MR) is 69.8 cm³/mol. The molecular weight excluding hydrogens is 282 g/mol. The van der Waals surface area contributed by atoms with Crippen molar-refractivity contribution in [3.8, 4) is 0 Å². The second kappa shape index (κ2) is 5.87. The van der Waals surface area contributed by atoms with Crippen molar-refractivity contribution in [1.82, 2.24) is 5.32 Å². The van der Waals surface area contributed by atoms with E-state index in [9.17, 15) is 4.79 Å². The van der Waals surface area contributed by atoms with Gasteiger partial charge in [-0.2, -0.15) is 4.79 Å². The fraction of sp³-hybridized carbons (Fsp3) is 0.333. The quantitative estimate of drug-likeness (QED) is 0.514. The molecule has 0 radical (unpaired) electrons. The summed E-state index contributed by atoms with van der Waals surface area (Å²) in [6, 6.07) is 7.83. The smallest absolute Gasteiger partial charge is 0.325 e. The lowest BCUT2D eigenvalue weighted by atomic mass is 9.99. The number of carbonyl (C=O) groups is 1. The first kappa shape index (κ1) is 13.8. The SMILES string of the molecule is CC(C)(NCc1ccc(Br)cc1)C(=O)C=[N+]=[N-]. The topological polar surface area (TPSA) is 65.5 Å². The molecule has 1 N–H and O–H groups in total. The van der Waals surface area contributed by atoms with Crippen molar-refractivity contribution in [2.75, 3.05) is 0 Å². The number of halogens is 1. The van der Waals surface area contributed by atoms with Gasteiger partial charge < -0.3 is 10.8 Å². The van der Waals surface area contributed by atoms with Crippen molar-refractivity contribution in [2.45, 2.75) is 25.9 Å². The number of ketones is 1. The maximum absolute atomic E-state index is 11.6. The first-order chi connectivity index (χ1) is 7.95. The molecule has 90 valence electrons. The van der Waals surface area contributed by atoms with E-state index < -0.39 is 5.54 Å². The van der Waals surface area contributed by atoms with Gasteiger partial charge in [0.1, 0.15) is 0 Å². The first-order valence-corrected chi connectivity index (χ1v) is 5.96. The standard InChI is InChI=1S/C12H14BrN3O/c1-12(2,11(17)8-16-14)15-7-9-3-5-10(13)6-4-9/h3-6,8,15H,7H2,1-2H3. The van der Waals surface area contributed by atoms with E-state index in [4.69, 9.17) is 5.53 Å². The van der Waals surface area contributed by atoms with Crippen LogP contribution in [-0.2, 0) is 11.3 Å². The van der Waals surface area contributed by atoms with Crippen LogP contribution in [0.1, 0.15) is 19.4 Å². The van der Waals surface area contributed by atoms with Crippen molar-refractivity contribution in [3.05, 3.63) is 39.8 Å². The lowest BCUT2D eigenvalue weighted by molar-refractivity contribution is -0.121. The van der Waals surface area contributed by atoms with Crippen LogP contribution in [0.15, 0.2) is 28.7 Å². The summed E-state index contributed by atoms with van der Waals surface area (Å²) in [4.78, 5) is 14.3. The highest BCUT2D eigenvalue weighted by atomic mass is 79.9. The van der Waals surface area contributed by atoms with Gasteiger partial charge in [0.15, 0.2) is 0 Å². The van der Waals surface area contributed by atoms with E-state index in [2.05, 4.69) is 26.0 Å². The Morgan fingerprint density at radius 1 is 1.47 bits per heavy atom. The minimum Gasteiger partial charge on any atom is -0.361 e. The number of hydrogen-bond donors (Lipinski definition) is 1. The number of Topliss-reactive ketones (excluding diaryl/α,β-unsaturated/α-hetero) is 1. The van der Waals surface area contributed by atoms with Crippen molar-refractivity contribution in [2.24, 2.45) is 0 Å². The summed E-state index contributed by atoms with van der Waals surface area (Å²) in [5, 5.41) is 3.11. The molecule has 0 unspecified atom stereocenters. The Hall–Kier alpha value is -1.29. The zero-order valence-corrected chi connectivity index (χ0v) is 11.4. The largest absolute Gasteiger partial charge is 0.361 e. The van der Waals surface area contributed by atoms with Crippen LogP contribution in [0.4, 0.5) is 0 Å². The molecule has 0 amide bonds. The molecule has 1 rings (SSSR count). The average molecular weight is 296 g/mol. The van der Waals surface area contributed by atoms with Crippen LogP contribution < -0.4 is 5.32 Å². The molecule has 5 heteroatoms. The molecule has 0 aliphatic heterocycles. The number of benzene rings is 1. The molecule has 17 heavy (non-hydrogen) atoms. The van der Waals surface area contributed by atoms with Crippen LogP contribution in [0.2, 0.25) is 0 Å². The molecule has 1 aromatic carbocycles. The van der Waals surface area contributed by atoms with E-state index in [0.29, 0.717) is 6.54 Å². The predicted octanol–water partition coefficient (Wildman–Crippen LogP) is 2.19. The first-order valence-electron chi connectivity index (χ1n) is 5.17. The van der Waals surface area contributed by atoms with Gasteiger partial charge in [-0.25, -0.2) is 0 Å². The van der Waals surface area contributed by atoms with Crippen LogP contribution in [0.5, 0.6) is 0 Å². The van der Waals surface area contributed by atoms with E-state index in [1.807, 2.05) is 24.3 Å². The molecule has 4 nitrogen and oxygen atoms in total. The van der Waals surface area contributed by atoms with Gasteiger partial charge >= 0.3 is 6.21 Å². The van der Waals surface area contributed by atoms with Gasteiger partial charge in [0.05, 0.1) is 5.54 Å². The summed E-state index contributed by atoms with van der Waals surface area (Å²) in [5.41, 5.74) is 8.66. The highest BCUT2D eigenvalue weighted by Gasteiger charge is 2.27. The van der Waals surface area contributed by atoms with Crippen molar-refractivity contribution >= 4 is 27.9 Å². The number of nitrogens with one attached hydrogen (secondary N) is 1. The number of carbonyl (C=O) groups excluding carboxylic acids is 1. The van der Waals surface area contributed by atoms with Gasteiger partial charge in [0, 0.05) is 11.0 Å². The molecule has 0 bridgehead atoms. The highest BCUT2D eigenvalue weighted by molar-refractivity contribution is 9.10. The zero-order valence-electron chi connectivity index (χ0n) is 9.77. The monoisotopic (exact) mass is 295 g/mol. The molecule has 0 saturated carbocycles. The maximum atomic E-state index is 11.6. The van der Waals surface area contributed by atoms with E-state index in [1.54, 1.807) is 13.8 Å². The second-order valence-electron chi connectivity index (χ2n) is 4.21. The van der Waals surface area contributed by atoms with Gasteiger partial charge in [-0.05, 0) is 31.5 Å². The lowest BCUT2D eigenvalue weighted by Gasteiger charge is -2.21. The van der Waals surface area contributed by atoms with E-state index >= 15 is 0 Å². The average Bonchev–Trinajstić information content (AvgIpc) is 2.29. The maximum Gasteiger partial charge on any atom is 0.325 e. The van der Waals surface area contributed by atoms with Crippen molar-refractivity contribution in [3.63, 3.8) is 0 Å². The Kier molecular flexibility index (Phi) is 4.75. The van der Waals surface area contributed by atoms with Crippen molar-refractivity contribution < 1.29 is 9.58 Å². The van der Waals surface area contributed by atoms with Crippen LogP contribution in [0.3, 0.4) is 0 Å². The second-order valence-corrected chi connectivity index (χ2v) is 5.13. The molecule has 0 aliphatic carbocycles. The van der Waals surface area contributed by atoms with Gasteiger partial charge in [0.25, 0.3) is 5.78 Å². The summed E-state index contributed by atoms with van der Waals surface area (Å²) < 4.78 is 1.02. The molecule has 0 atom stereocenters. The van der Waals surface area contributed by atoms with Crippen LogP contribution in [0.25, 0.3) is 5.53 Å². The summed E-state index contributed by atoms with van der Waals surface area (Å²) in [6.45, 7) is 4.07. The Labute approximate surface area is 109 Å². The van der Waals surface area contributed by atoms with Gasteiger partial charge in [-0.15, -0.1) is 0 Å². The summed E-state index contributed by atoms with van der Waals surface area (Å²) in [7, 11) is 0. The highest BCUT2D eigenvalue weighted by Crippen LogP contribution is 2.11. The van der Waals surface area contributed by atoms with Crippen LogP contribution in [0, 0.1) is 0 Å². The molecule has 0 spiro atoms. The summed E-state index contributed by atoms with van der Waals surface area (Å²) in [5.74, 6) is -0.267. The third kappa shape index (κ3) is 4.23. The van der Waals surface area contributed by atoms with Gasteiger partial charge in [0.2, 0.25) is 0 Å². The van der Waals surface area contributed by atoms with Crippen molar-refractivity contribution in [1.29, 1.82) is 0 Å². The van der Waals surface area contributed by atoms with Gasteiger partial charge in [-0.1, -0.05) is 28.1 Å². The number of rotatable bonds is 5. The molecule has 0 saturated heterocycles. The van der Waals surface area contributed by atoms with Gasteiger partial charge in [-0.3, -0.25) is 4.79 Å². The fourth-order valence-electron chi connectivity index (χ4n) is 1.23. The molecular formula is C12H14BrN3O. The normalized spacial score (nSPS) is 10.8. The Bertz CT molecular complexity index is 447. The zero-order chi connectivity index (χ0) is 12.9. The van der Waals surface area contributed by atoms with Crippen LogP contribution >= 0.6 is 15.9 Å².